The molecule has 3 rings (SSSR count). The summed E-state index contributed by atoms with van der Waals surface area (Å²) in [5, 5.41) is 0. The lowest BCUT2D eigenvalue weighted by atomic mass is 10.1. The molecule has 1 aromatic carbocycles. The van der Waals surface area contributed by atoms with E-state index < -0.39 is 0 Å². The maximum absolute atomic E-state index is 13.1. The smallest absolute Gasteiger partial charge is 0.254 e. The molecular weight excluding hydrogens is 332 g/mol. The second-order valence-corrected chi connectivity index (χ2v) is 7.34. The van der Waals surface area contributed by atoms with Crippen molar-refractivity contribution >= 4 is 5.91 Å². The van der Waals surface area contributed by atoms with Crippen LogP contribution in [0.25, 0.3) is 0 Å². The first-order chi connectivity index (χ1) is 12.5. The van der Waals surface area contributed by atoms with Gasteiger partial charge < -0.3 is 19.1 Å². The zero-order chi connectivity index (χ0) is 18.7. The van der Waals surface area contributed by atoms with Gasteiger partial charge in [0.2, 0.25) is 0 Å². The van der Waals surface area contributed by atoms with Crippen molar-refractivity contribution in [3.63, 3.8) is 0 Å². The van der Waals surface area contributed by atoms with Crippen LogP contribution in [0.4, 0.5) is 0 Å². The van der Waals surface area contributed by atoms with Crippen LogP contribution in [0.2, 0.25) is 0 Å². The van der Waals surface area contributed by atoms with Crippen LogP contribution in [-0.4, -0.2) is 74.4 Å². The average Bonchev–Trinajstić information content (AvgIpc) is 3.07. The van der Waals surface area contributed by atoms with Crippen LogP contribution >= 0.6 is 0 Å². The first-order valence-electron chi connectivity index (χ1n) is 9.42. The predicted molar refractivity (Wildman–Crippen MR) is 100 cm³/mol. The largest absolute Gasteiger partial charge is 0.493 e. The Morgan fingerprint density at radius 2 is 1.85 bits per heavy atom. The number of carbonyl (C=O) groups is 1. The van der Waals surface area contributed by atoms with Crippen LogP contribution < -0.4 is 9.47 Å². The van der Waals surface area contributed by atoms with Crippen LogP contribution in [0.1, 0.15) is 37.0 Å². The molecule has 0 spiro atoms. The Kier molecular flexibility index (Phi) is 6.04. The van der Waals surface area contributed by atoms with Gasteiger partial charge in [-0.3, -0.25) is 9.69 Å². The van der Waals surface area contributed by atoms with Gasteiger partial charge in [-0.15, -0.1) is 0 Å². The zero-order valence-electron chi connectivity index (χ0n) is 16.2. The summed E-state index contributed by atoms with van der Waals surface area (Å²) >= 11 is 0. The lowest BCUT2D eigenvalue weighted by Crippen LogP contribution is -2.50. The van der Waals surface area contributed by atoms with Gasteiger partial charge in [0.15, 0.2) is 11.5 Å². The van der Waals surface area contributed by atoms with Crippen LogP contribution in [0.5, 0.6) is 11.5 Å². The molecule has 6 heteroatoms. The third kappa shape index (κ3) is 4.13. The van der Waals surface area contributed by atoms with Crippen molar-refractivity contribution in [2.45, 2.75) is 44.9 Å². The molecule has 2 fully saturated rings. The summed E-state index contributed by atoms with van der Waals surface area (Å²) in [6.45, 7) is 7.82. The summed E-state index contributed by atoms with van der Waals surface area (Å²) in [7, 11) is 3.19. The summed E-state index contributed by atoms with van der Waals surface area (Å²) in [6, 6.07) is 5.64. The quantitative estimate of drug-likeness (QED) is 0.805. The number of methoxy groups -OCH3 is 2. The van der Waals surface area contributed by atoms with E-state index in [1.165, 1.54) is 0 Å². The molecular formula is C20H30N2O4. The highest BCUT2D eigenvalue weighted by atomic mass is 16.5. The van der Waals surface area contributed by atoms with Crippen molar-refractivity contribution in [2.75, 3.05) is 40.4 Å². The van der Waals surface area contributed by atoms with Gasteiger partial charge in [-0.1, -0.05) is 0 Å². The summed E-state index contributed by atoms with van der Waals surface area (Å²) in [4.78, 5) is 17.5. The van der Waals surface area contributed by atoms with E-state index in [0.29, 0.717) is 17.1 Å². The van der Waals surface area contributed by atoms with Crippen LogP contribution in [0.15, 0.2) is 18.2 Å². The number of carbonyl (C=O) groups excluding carboxylic acids is 1. The molecule has 3 atom stereocenters. The number of hydrogen-bond acceptors (Lipinski definition) is 5. The Bertz CT molecular complexity index is 626. The molecule has 1 aromatic rings. The van der Waals surface area contributed by atoms with Gasteiger partial charge in [-0.2, -0.15) is 0 Å². The van der Waals surface area contributed by atoms with E-state index >= 15 is 0 Å². The number of nitrogens with zero attached hydrogens (tertiary/aromatic N) is 2. The van der Waals surface area contributed by atoms with Gasteiger partial charge in [-0.05, 0) is 44.9 Å². The van der Waals surface area contributed by atoms with E-state index in [0.717, 1.165) is 39.0 Å². The molecule has 0 aromatic heterocycles. The Labute approximate surface area is 156 Å². The molecule has 2 heterocycles. The maximum atomic E-state index is 13.1. The highest BCUT2D eigenvalue weighted by Gasteiger charge is 2.33. The van der Waals surface area contributed by atoms with E-state index in [9.17, 15) is 4.79 Å². The fourth-order valence-corrected chi connectivity index (χ4v) is 4.16. The number of ether oxygens (including phenoxy) is 3. The molecule has 144 valence electrons. The molecule has 0 N–H and O–H groups in total. The topological polar surface area (TPSA) is 51.2 Å². The average molecular weight is 362 g/mol. The van der Waals surface area contributed by atoms with Gasteiger partial charge in [0.1, 0.15) is 0 Å². The molecule has 0 bridgehead atoms. The van der Waals surface area contributed by atoms with E-state index in [-0.39, 0.29) is 24.2 Å². The Hall–Kier alpha value is -1.79. The lowest BCUT2D eigenvalue weighted by molar-refractivity contribution is -0.0715. The predicted octanol–water partition coefficient (Wildman–Crippen LogP) is 2.42. The molecule has 0 unspecified atom stereocenters. The Balaban J connectivity index is 1.70. The van der Waals surface area contributed by atoms with E-state index in [2.05, 4.69) is 18.7 Å². The van der Waals surface area contributed by atoms with Crippen molar-refractivity contribution in [1.82, 2.24) is 9.80 Å². The lowest BCUT2D eigenvalue weighted by Gasteiger charge is -2.38. The number of likely N-dealkylation sites (tertiary alicyclic amines) is 1. The summed E-state index contributed by atoms with van der Waals surface area (Å²) in [6.07, 6.45) is 2.60. The van der Waals surface area contributed by atoms with Crippen LogP contribution in [-0.2, 0) is 4.74 Å². The van der Waals surface area contributed by atoms with Gasteiger partial charge in [0, 0.05) is 37.8 Å². The van der Waals surface area contributed by atoms with Gasteiger partial charge in [-0.25, -0.2) is 0 Å². The highest BCUT2D eigenvalue weighted by Crippen LogP contribution is 2.29. The SMILES string of the molecule is COc1ccc(C(=O)N2CCC[C@H]2CN2C[C@@H](C)O[C@@H](C)C2)cc1OC. The molecule has 0 aliphatic carbocycles. The third-order valence-corrected chi connectivity index (χ3v) is 5.23. The molecule has 2 saturated heterocycles. The second kappa shape index (κ2) is 8.27. The maximum Gasteiger partial charge on any atom is 0.254 e. The minimum Gasteiger partial charge on any atom is -0.493 e. The van der Waals surface area contributed by atoms with Crippen LogP contribution in [0.3, 0.4) is 0 Å². The first kappa shape index (κ1) is 19.0. The minimum absolute atomic E-state index is 0.0720. The van der Waals surface area contributed by atoms with Crippen molar-refractivity contribution in [3.05, 3.63) is 23.8 Å². The second-order valence-electron chi connectivity index (χ2n) is 7.34. The first-order valence-corrected chi connectivity index (χ1v) is 9.42. The number of hydrogen-bond donors (Lipinski definition) is 0. The molecule has 2 aliphatic rings. The fourth-order valence-electron chi connectivity index (χ4n) is 4.16. The third-order valence-electron chi connectivity index (χ3n) is 5.23. The normalized spacial score (nSPS) is 26.8. The Morgan fingerprint density at radius 1 is 1.15 bits per heavy atom. The number of benzene rings is 1. The molecule has 1 amide bonds. The van der Waals surface area contributed by atoms with E-state index in [1.54, 1.807) is 26.4 Å². The van der Waals surface area contributed by atoms with E-state index in [1.807, 2.05) is 11.0 Å². The summed E-state index contributed by atoms with van der Waals surface area (Å²) in [5.41, 5.74) is 0.651. The fraction of sp³-hybridized carbons (Fsp3) is 0.650. The molecule has 26 heavy (non-hydrogen) atoms. The van der Waals surface area contributed by atoms with Gasteiger partial charge in [0.25, 0.3) is 5.91 Å². The molecule has 0 radical (unpaired) electrons. The molecule has 2 aliphatic heterocycles. The summed E-state index contributed by atoms with van der Waals surface area (Å²) in [5.74, 6) is 1.30. The van der Waals surface area contributed by atoms with Gasteiger partial charge in [0.05, 0.1) is 26.4 Å². The van der Waals surface area contributed by atoms with Crippen molar-refractivity contribution in [3.8, 4) is 11.5 Å². The van der Waals surface area contributed by atoms with Crippen molar-refractivity contribution in [2.24, 2.45) is 0 Å². The number of morpholine rings is 1. The zero-order valence-corrected chi connectivity index (χ0v) is 16.2. The molecule has 6 nitrogen and oxygen atoms in total. The number of amides is 1. The highest BCUT2D eigenvalue weighted by molar-refractivity contribution is 5.95. The standard InChI is InChI=1S/C20H30N2O4/c1-14-11-21(12-15(2)26-14)13-17-6-5-9-22(17)20(23)16-7-8-18(24-3)19(10-16)25-4/h7-8,10,14-15,17H,5-6,9,11-13H2,1-4H3/t14-,15+,17-/m0/s1. The Morgan fingerprint density at radius 3 is 2.50 bits per heavy atom. The van der Waals surface area contributed by atoms with Gasteiger partial charge >= 0.3 is 0 Å². The summed E-state index contributed by atoms with van der Waals surface area (Å²) < 4.78 is 16.4. The van der Waals surface area contributed by atoms with Crippen molar-refractivity contribution < 1.29 is 19.0 Å². The monoisotopic (exact) mass is 362 g/mol. The van der Waals surface area contributed by atoms with E-state index in [4.69, 9.17) is 14.2 Å². The van der Waals surface area contributed by atoms with Crippen LogP contribution in [0, 0.1) is 0 Å². The van der Waals surface area contributed by atoms with Crippen molar-refractivity contribution in [1.29, 1.82) is 0 Å². The number of rotatable bonds is 5. The molecule has 0 saturated carbocycles. The minimum atomic E-state index is 0.0720.